The number of carbonyl (C=O) groups is 2. The van der Waals surface area contributed by atoms with E-state index in [0.29, 0.717) is 42.5 Å². The van der Waals surface area contributed by atoms with Gasteiger partial charge in [-0.05, 0) is 44.0 Å². The fourth-order valence-electron chi connectivity index (χ4n) is 3.28. The Bertz CT molecular complexity index is 822. The lowest BCUT2D eigenvalue weighted by atomic mass is 9.96. The van der Waals surface area contributed by atoms with Crippen molar-refractivity contribution in [3.05, 3.63) is 46.7 Å². The minimum Gasteiger partial charge on any atom is -0.355 e. The molecule has 2 amide bonds. The second kappa shape index (κ2) is 9.91. The molecule has 1 atom stereocenters. The number of amides is 2. The highest BCUT2D eigenvalue weighted by Gasteiger charge is 2.30. The Kier molecular flexibility index (Phi) is 7.86. The normalized spacial score (nSPS) is 16.4. The molecule has 28 heavy (non-hydrogen) atoms. The molecule has 2 heterocycles. The molecule has 152 valence electrons. The Morgan fingerprint density at radius 2 is 2.04 bits per heavy atom. The summed E-state index contributed by atoms with van der Waals surface area (Å²) >= 11 is 5.93. The molecule has 1 unspecified atom stereocenters. The Balaban J connectivity index is 0.00000280. The first-order valence-electron chi connectivity index (χ1n) is 9.09. The lowest BCUT2D eigenvalue weighted by Gasteiger charge is -2.32. The summed E-state index contributed by atoms with van der Waals surface area (Å²) in [7, 11) is 0. The van der Waals surface area contributed by atoms with E-state index in [2.05, 4.69) is 10.4 Å². The summed E-state index contributed by atoms with van der Waals surface area (Å²) in [6.07, 6.45) is 3.32. The molecule has 0 saturated carbocycles. The molecule has 1 saturated heterocycles. The van der Waals surface area contributed by atoms with Crippen LogP contribution in [-0.2, 0) is 4.79 Å². The van der Waals surface area contributed by atoms with E-state index in [9.17, 15) is 9.59 Å². The quantitative estimate of drug-likeness (QED) is 0.767. The molecule has 1 aromatic carbocycles. The summed E-state index contributed by atoms with van der Waals surface area (Å²) in [5.74, 6) is -0.323. The Labute approximate surface area is 175 Å². The predicted octanol–water partition coefficient (Wildman–Crippen LogP) is 2.18. The average molecular weight is 426 g/mol. The van der Waals surface area contributed by atoms with Crippen molar-refractivity contribution in [2.45, 2.75) is 19.8 Å². The molecule has 0 spiro atoms. The second-order valence-corrected chi connectivity index (χ2v) is 7.16. The lowest BCUT2D eigenvalue weighted by Crippen LogP contribution is -2.46. The van der Waals surface area contributed by atoms with Gasteiger partial charge in [0, 0.05) is 37.4 Å². The monoisotopic (exact) mass is 425 g/mol. The molecule has 3 rings (SSSR count). The van der Waals surface area contributed by atoms with Gasteiger partial charge in [-0.2, -0.15) is 5.10 Å². The average Bonchev–Trinajstić information content (AvgIpc) is 3.07. The van der Waals surface area contributed by atoms with Crippen LogP contribution in [0.25, 0.3) is 5.69 Å². The van der Waals surface area contributed by atoms with Gasteiger partial charge in [0.05, 0.1) is 22.9 Å². The lowest BCUT2D eigenvalue weighted by molar-refractivity contribution is -0.126. The number of aryl methyl sites for hydroxylation is 1. The summed E-state index contributed by atoms with van der Waals surface area (Å²) in [5, 5.41) is 7.91. The van der Waals surface area contributed by atoms with Crippen LogP contribution >= 0.6 is 24.0 Å². The second-order valence-electron chi connectivity index (χ2n) is 6.72. The van der Waals surface area contributed by atoms with Gasteiger partial charge in [0.15, 0.2) is 0 Å². The molecule has 2 aromatic rings. The van der Waals surface area contributed by atoms with E-state index in [-0.39, 0.29) is 30.1 Å². The number of nitrogens with zero attached hydrogens (tertiary/aromatic N) is 3. The van der Waals surface area contributed by atoms with Crippen LogP contribution in [0.2, 0.25) is 5.02 Å². The SMILES string of the molecule is Cc1nn(-c2ccc(Cl)cc2)cc1C(=O)N1CCCC(C(=O)NCCN)C1.Cl. The third-order valence-electron chi connectivity index (χ3n) is 4.74. The van der Waals surface area contributed by atoms with Crippen molar-refractivity contribution in [2.75, 3.05) is 26.2 Å². The van der Waals surface area contributed by atoms with Crippen LogP contribution < -0.4 is 11.1 Å². The number of aromatic nitrogens is 2. The molecule has 0 radical (unpaired) electrons. The van der Waals surface area contributed by atoms with Gasteiger partial charge in [0.1, 0.15) is 0 Å². The van der Waals surface area contributed by atoms with Crippen molar-refractivity contribution in [1.82, 2.24) is 20.0 Å². The zero-order valence-electron chi connectivity index (χ0n) is 15.7. The molecule has 0 bridgehead atoms. The smallest absolute Gasteiger partial charge is 0.257 e. The number of hydrogen-bond acceptors (Lipinski definition) is 4. The van der Waals surface area contributed by atoms with Crippen molar-refractivity contribution in [2.24, 2.45) is 11.7 Å². The van der Waals surface area contributed by atoms with Crippen LogP contribution in [0.3, 0.4) is 0 Å². The Morgan fingerprint density at radius 3 is 2.71 bits per heavy atom. The van der Waals surface area contributed by atoms with Crippen LogP contribution in [0, 0.1) is 12.8 Å². The topological polar surface area (TPSA) is 93.2 Å². The van der Waals surface area contributed by atoms with Crippen molar-refractivity contribution < 1.29 is 9.59 Å². The van der Waals surface area contributed by atoms with E-state index in [0.717, 1.165) is 18.5 Å². The number of piperidine rings is 1. The van der Waals surface area contributed by atoms with E-state index in [1.165, 1.54) is 0 Å². The number of likely N-dealkylation sites (tertiary alicyclic amines) is 1. The zero-order chi connectivity index (χ0) is 19.4. The maximum atomic E-state index is 13.0. The number of rotatable bonds is 5. The summed E-state index contributed by atoms with van der Waals surface area (Å²) in [4.78, 5) is 27.0. The number of nitrogens with one attached hydrogen (secondary N) is 1. The van der Waals surface area contributed by atoms with Crippen LogP contribution in [0.1, 0.15) is 28.9 Å². The maximum absolute atomic E-state index is 13.0. The van der Waals surface area contributed by atoms with Gasteiger partial charge in [-0.25, -0.2) is 4.68 Å². The van der Waals surface area contributed by atoms with Crippen LogP contribution in [0.5, 0.6) is 0 Å². The van der Waals surface area contributed by atoms with Crippen molar-refractivity contribution >= 4 is 35.8 Å². The van der Waals surface area contributed by atoms with Gasteiger partial charge in [-0.15, -0.1) is 12.4 Å². The highest BCUT2D eigenvalue weighted by Crippen LogP contribution is 2.21. The third kappa shape index (κ3) is 5.04. The predicted molar refractivity (Wildman–Crippen MR) is 111 cm³/mol. The van der Waals surface area contributed by atoms with Crippen molar-refractivity contribution in [1.29, 1.82) is 0 Å². The van der Waals surface area contributed by atoms with Gasteiger partial charge in [-0.3, -0.25) is 9.59 Å². The van der Waals surface area contributed by atoms with Crippen LogP contribution in [-0.4, -0.2) is 52.7 Å². The Morgan fingerprint density at radius 1 is 1.32 bits per heavy atom. The minimum absolute atomic E-state index is 0. The molecule has 1 aliphatic rings. The van der Waals surface area contributed by atoms with E-state index in [4.69, 9.17) is 17.3 Å². The third-order valence-corrected chi connectivity index (χ3v) is 5.00. The first kappa shape index (κ1) is 22.2. The van der Waals surface area contributed by atoms with E-state index < -0.39 is 0 Å². The van der Waals surface area contributed by atoms with E-state index in [1.54, 1.807) is 27.9 Å². The molecule has 9 heteroatoms. The number of hydrogen-bond donors (Lipinski definition) is 2. The van der Waals surface area contributed by atoms with Gasteiger partial charge in [0.2, 0.25) is 5.91 Å². The molecule has 3 N–H and O–H groups in total. The fourth-order valence-corrected chi connectivity index (χ4v) is 3.41. The standard InChI is InChI=1S/C19H24ClN5O2.ClH/c1-13-17(12-25(23-13)16-6-4-15(20)5-7-16)19(27)24-10-2-3-14(11-24)18(26)22-9-8-21;/h4-7,12,14H,2-3,8-11,21H2,1H3,(H,22,26);1H. The number of nitrogens with two attached hydrogens (primary N) is 1. The molecule has 7 nitrogen and oxygen atoms in total. The van der Waals surface area contributed by atoms with Gasteiger partial charge in [-0.1, -0.05) is 11.6 Å². The van der Waals surface area contributed by atoms with Gasteiger partial charge >= 0.3 is 0 Å². The highest BCUT2D eigenvalue weighted by molar-refractivity contribution is 6.30. The molecule has 1 aliphatic heterocycles. The van der Waals surface area contributed by atoms with E-state index >= 15 is 0 Å². The molecule has 0 aliphatic carbocycles. The first-order valence-corrected chi connectivity index (χ1v) is 9.46. The zero-order valence-corrected chi connectivity index (χ0v) is 17.3. The summed E-state index contributed by atoms with van der Waals surface area (Å²) in [6, 6.07) is 7.26. The van der Waals surface area contributed by atoms with Crippen LogP contribution in [0.4, 0.5) is 0 Å². The summed E-state index contributed by atoms with van der Waals surface area (Å²) in [5.41, 5.74) is 7.48. The summed E-state index contributed by atoms with van der Waals surface area (Å²) in [6.45, 7) is 3.74. The number of carbonyl (C=O) groups excluding carboxylic acids is 2. The first-order chi connectivity index (χ1) is 13.0. The Hall–Kier alpha value is -2.09. The van der Waals surface area contributed by atoms with Crippen molar-refractivity contribution in [3.8, 4) is 5.69 Å². The fraction of sp³-hybridized carbons (Fsp3) is 0.421. The highest BCUT2D eigenvalue weighted by atomic mass is 35.5. The van der Waals surface area contributed by atoms with Gasteiger partial charge < -0.3 is 16.0 Å². The molecular weight excluding hydrogens is 401 g/mol. The van der Waals surface area contributed by atoms with Crippen molar-refractivity contribution in [3.63, 3.8) is 0 Å². The van der Waals surface area contributed by atoms with E-state index in [1.807, 2.05) is 19.1 Å². The number of halogens is 2. The van der Waals surface area contributed by atoms with Gasteiger partial charge in [0.25, 0.3) is 5.91 Å². The minimum atomic E-state index is -0.194. The largest absolute Gasteiger partial charge is 0.355 e. The molecule has 1 aromatic heterocycles. The van der Waals surface area contributed by atoms with Crippen LogP contribution in [0.15, 0.2) is 30.5 Å². The number of benzene rings is 1. The molecular formula is C19H25Cl2N5O2. The summed E-state index contributed by atoms with van der Waals surface area (Å²) < 4.78 is 1.67. The molecule has 1 fully saturated rings. The maximum Gasteiger partial charge on any atom is 0.257 e.